The molecule has 0 radical (unpaired) electrons. The molecule has 0 aliphatic carbocycles. The molecular weight excluding hydrogens is 322 g/mol. The zero-order valence-corrected chi connectivity index (χ0v) is 14.5. The molecule has 1 aliphatic rings. The van der Waals surface area contributed by atoms with Crippen molar-refractivity contribution < 1.29 is 23.7 Å². The van der Waals surface area contributed by atoms with Gasteiger partial charge in [-0.3, -0.25) is 4.79 Å². The summed E-state index contributed by atoms with van der Waals surface area (Å²) in [6, 6.07) is 10.7. The van der Waals surface area contributed by atoms with Gasteiger partial charge in [-0.15, -0.1) is 0 Å². The van der Waals surface area contributed by atoms with Gasteiger partial charge in [0.15, 0.2) is 11.5 Å². The first-order valence-corrected chi connectivity index (χ1v) is 8.05. The third-order valence-corrected chi connectivity index (χ3v) is 4.04. The topological polar surface area (TPSA) is 66.0 Å². The highest BCUT2D eigenvalue weighted by Gasteiger charge is 2.22. The molecule has 0 aromatic heterocycles. The normalized spacial score (nSPS) is 13.7. The Morgan fingerprint density at radius 1 is 1.08 bits per heavy atom. The Bertz CT molecular complexity index is 757. The molecule has 6 heteroatoms. The van der Waals surface area contributed by atoms with Gasteiger partial charge in [-0.25, -0.2) is 0 Å². The number of para-hydroxylation sites is 1. The molecule has 0 bridgehead atoms. The maximum Gasteiger partial charge on any atom is 0.252 e. The lowest BCUT2D eigenvalue weighted by Gasteiger charge is -2.22. The second-order valence-electron chi connectivity index (χ2n) is 5.64. The van der Waals surface area contributed by atoms with E-state index in [-0.39, 0.29) is 11.9 Å². The van der Waals surface area contributed by atoms with Gasteiger partial charge in [0.1, 0.15) is 19.0 Å². The summed E-state index contributed by atoms with van der Waals surface area (Å²) in [5, 5.41) is 2.97. The van der Waals surface area contributed by atoms with E-state index in [2.05, 4.69) is 5.32 Å². The van der Waals surface area contributed by atoms with E-state index in [0.29, 0.717) is 36.0 Å². The van der Waals surface area contributed by atoms with Gasteiger partial charge in [0.25, 0.3) is 5.91 Å². The Labute approximate surface area is 146 Å². The average molecular weight is 343 g/mol. The lowest BCUT2D eigenvalue weighted by Crippen LogP contribution is -2.27. The standard InChI is InChI=1S/C19H21NO5/c1-12(14-6-4-5-7-15(14)22-2)20-19(21)13-10-16(23-3)18-17(11-13)24-8-9-25-18/h4-7,10-12H,8-9H2,1-3H3,(H,20,21)/t12-/m0/s1. The number of carbonyl (C=O) groups excluding carboxylic acids is 1. The molecule has 0 saturated heterocycles. The quantitative estimate of drug-likeness (QED) is 0.904. The number of amides is 1. The van der Waals surface area contributed by atoms with Gasteiger partial charge in [-0.2, -0.15) is 0 Å². The minimum Gasteiger partial charge on any atom is -0.496 e. The Hall–Kier alpha value is -2.89. The molecule has 132 valence electrons. The van der Waals surface area contributed by atoms with Crippen LogP contribution in [0.15, 0.2) is 36.4 Å². The lowest BCUT2D eigenvalue weighted by atomic mass is 10.1. The fraction of sp³-hybridized carbons (Fsp3) is 0.316. The van der Waals surface area contributed by atoms with Crippen molar-refractivity contribution in [1.29, 1.82) is 0 Å². The van der Waals surface area contributed by atoms with Gasteiger partial charge < -0.3 is 24.3 Å². The van der Waals surface area contributed by atoms with E-state index in [4.69, 9.17) is 18.9 Å². The van der Waals surface area contributed by atoms with Crippen LogP contribution in [-0.4, -0.2) is 33.3 Å². The monoisotopic (exact) mass is 343 g/mol. The van der Waals surface area contributed by atoms with Crippen LogP contribution in [0.25, 0.3) is 0 Å². The van der Waals surface area contributed by atoms with Crippen molar-refractivity contribution in [3.8, 4) is 23.0 Å². The molecule has 1 heterocycles. The molecule has 2 aromatic rings. The number of carbonyl (C=O) groups is 1. The molecule has 1 amide bonds. The van der Waals surface area contributed by atoms with Crippen molar-refractivity contribution in [2.75, 3.05) is 27.4 Å². The van der Waals surface area contributed by atoms with Crippen LogP contribution in [0, 0.1) is 0 Å². The molecular formula is C19H21NO5. The van der Waals surface area contributed by atoms with Crippen LogP contribution >= 0.6 is 0 Å². The highest BCUT2D eigenvalue weighted by Crippen LogP contribution is 2.40. The Morgan fingerprint density at radius 2 is 1.80 bits per heavy atom. The molecule has 0 fully saturated rings. The summed E-state index contributed by atoms with van der Waals surface area (Å²) < 4.78 is 21.8. The summed E-state index contributed by atoms with van der Waals surface area (Å²) in [5.74, 6) is 2.03. The van der Waals surface area contributed by atoms with E-state index < -0.39 is 0 Å². The Balaban J connectivity index is 1.83. The van der Waals surface area contributed by atoms with E-state index in [1.807, 2.05) is 31.2 Å². The first-order chi connectivity index (χ1) is 12.1. The maximum absolute atomic E-state index is 12.7. The van der Waals surface area contributed by atoms with Crippen molar-refractivity contribution in [3.05, 3.63) is 47.5 Å². The van der Waals surface area contributed by atoms with Crippen molar-refractivity contribution in [1.82, 2.24) is 5.32 Å². The Morgan fingerprint density at radius 3 is 2.56 bits per heavy atom. The summed E-state index contributed by atoms with van der Waals surface area (Å²) >= 11 is 0. The first kappa shape index (κ1) is 17.0. The molecule has 1 aliphatic heterocycles. The zero-order valence-electron chi connectivity index (χ0n) is 14.5. The second kappa shape index (κ2) is 7.34. The number of nitrogens with one attached hydrogen (secondary N) is 1. The van der Waals surface area contributed by atoms with Crippen LogP contribution in [0.3, 0.4) is 0 Å². The fourth-order valence-electron chi connectivity index (χ4n) is 2.79. The minimum atomic E-state index is -0.228. The lowest BCUT2D eigenvalue weighted by molar-refractivity contribution is 0.0937. The molecule has 3 rings (SSSR count). The number of rotatable bonds is 5. The number of hydrogen-bond acceptors (Lipinski definition) is 5. The number of fused-ring (bicyclic) bond motifs is 1. The van der Waals surface area contributed by atoms with E-state index in [1.54, 1.807) is 19.2 Å². The van der Waals surface area contributed by atoms with E-state index in [9.17, 15) is 4.79 Å². The van der Waals surface area contributed by atoms with Crippen LogP contribution in [0.5, 0.6) is 23.0 Å². The molecule has 0 spiro atoms. The largest absolute Gasteiger partial charge is 0.496 e. The third kappa shape index (κ3) is 3.47. The number of benzene rings is 2. The van der Waals surface area contributed by atoms with Crippen LogP contribution < -0.4 is 24.3 Å². The molecule has 0 unspecified atom stereocenters. The van der Waals surface area contributed by atoms with Crippen molar-refractivity contribution in [3.63, 3.8) is 0 Å². The predicted octanol–water partition coefficient (Wildman–Crippen LogP) is 2.97. The van der Waals surface area contributed by atoms with Crippen molar-refractivity contribution >= 4 is 5.91 Å². The van der Waals surface area contributed by atoms with Gasteiger partial charge in [0.05, 0.1) is 20.3 Å². The smallest absolute Gasteiger partial charge is 0.252 e. The highest BCUT2D eigenvalue weighted by molar-refractivity contribution is 5.96. The summed E-state index contributed by atoms with van der Waals surface area (Å²) in [5.41, 5.74) is 1.35. The predicted molar refractivity (Wildman–Crippen MR) is 92.9 cm³/mol. The molecule has 25 heavy (non-hydrogen) atoms. The minimum absolute atomic E-state index is 0.220. The number of methoxy groups -OCH3 is 2. The average Bonchev–Trinajstić information content (AvgIpc) is 2.66. The molecule has 1 N–H and O–H groups in total. The Kier molecular flexibility index (Phi) is 4.97. The van der Waals surface area contributed by atoms with Crippen LogP contribution in [0.2, 0.25) is 0 Å². The second-order valence-corrected chi connectivity index (χ2v) is 5.64. The fourth-order valence-corrected chi connectivity index (χ4v) is 2.79. The van der Waals surface area contributed by atoms with Crippen LogP contribution in [-0.2, 0) is 0 Å². The van der Waals surface area contributed by atoms with Gasteiger partial charge in [0, 0.05) is 11.1 Å². The van der Waals surface area contributed by atoms with Gasteiger partial charge in [0.2, 0.25) is 5.75 Å². The summed E-state index contributed by atoms with van der Waals surface area (Å²) in [4.78, 5) is 12.7. The first-order valence-electron chi connectivity index (χ1n) is 8.05. The van der Waals surface area contributed by atoms with E-state index >= 15 is 0 Å². The third-order valence-electron chi connectivity index (χ3n) is 4.04. The summed E-state index contributed by atoms with van der Waals surface area (Å²) in [7, 11) is 3.14. The highest BCUT2D eigenvalue weighted by atomic mass is 16.6. The van der Waals surface area contributed by atoms with Crippen LogP contribution in [0.1, 0.15) is 28.9 Å². The molecule has 2 aromatic carbocycles. The van der Waals surface area contributed by atoms with Crippen LogP contribution in [0.4, 0.5) is 0 Å². The van der Waals surface area contributed by atoms with E-state index in [0.717, 1.165) is 11.3 Å². The van der Waals surface area contributed by atoms with E-state index in [1.165, 1.54) is 7.11 Å². The van der Waals surface area contributed by atoms with Crippen molar-refractivity contribution in [2.24, 2.45) is 0 Å². The van der Waals surface area contributed by atoms with Gasteiger partial charge in [-0.1, -0.05) is 18.2 Å². The van der Waals surface area contributed by atoms with Gasteiger partial charge >= 0.3 is 0 Å². The number of hydrogen-bond donors (Lipinski definition) is 1. The van der Waals surface area contributed by atoms with Crippen molar-refractivity contribution in [2.45, 2.75) is 13.0 Å². The zero-order chi connectivity index (χ0) is 17.8. The summed E-state index contributed by atoms with van der Waals surface area (Å²) in [6.45, 7) is 2.81. The number of ether oxygens (including phenoxy) is 4. The SMILES string of the molecule is COc1ccccc1[C@H](C)NC(=O)c1cc(OC)c2c(c1)OCCO2. The molecule has 6 nitrogen and oxygen atoms in total. The maximum atomic E-state index is 12.7. The molecule has 1 atom stereocenters. The van der Waals surface area contributed by atoms with Gasteiger partial charge in [-0.05, 0) is 25.1 Å². The molecule has 0 saturated carbocycles. The summed E-state index contributed by atoms with van der Waals surface area (Å²) in [6.07, 6.45) is 0.